The van der Waals surface area contributed by atoms with Crippen molar-refractivity contribution in [3.63, 3.8) is 0 Å². The minimum absolute atomic E-state index is 0.241. The molecule has 0 bridgehead atoms. The first kappa shape index (κ1) is 55.3. The predicted molar refractivity (Wildman–Crippen MR) is 238 cm³/mol. The van der Waals surface area contributed by atoms with Gasteiger partial charge >= 0.3 is 0 Å². The Labute approximate surface area is 358 Å². The quantitative estimate of drug-likeness (QED) is 0.0223. The molecule has 9 unspecified atom stereocenters. The second kappa shape index (κ2) is 38.0. The molecular weight excluding hydrogens is 751 g/mol. The fraction of sp³-hybridized carbons (Fsp3) is 0.854. The van der Waals surface area contributed by atoms with Crippen LogP contribution in [0.15, 0.2) is 36.5 Å². The second-order valence-corrected chi connectivity index (χ2v) is 16.8. The highest BCUT2D eigenvalue weighted by Crippen LogP contribution is 2.23. The van der Waals surface area contributed by atoms with Crippen LogP contribution in [0.25, 0.3) is 0 Å². The van der Waals surface area contributed by atoms with E-state index in [2.05, 4.69) is 55.6 Å². The molecule has 11 nitrogen and oxygen atoms in total. The van der Waals surface area contributed by atoms with Crippen LogP contribution in [0.1, 0.15) is 194 Å². The molecule has 346 valence electrons. The van der Waals surface area contributed by atoms with Gasteiger partial charge in [0.15, 0.2) is 6.29 Å². The molecule has 1 aliphatic heterocycles. The Morgan fingerprint density at radius 3 is 1.59 bits per heavy atom. The molecule has 9 atom stereocenters. The van der Waals surface area contributed by atoms with Crippen LogP contribution in [0.2, 0.25) is 0 Å². The van der Waals surface area contributed by atoms with Gasteiger partial charge in [-0.1, -0.05) is 159 Å². The lowest BCUT2D eigenvalue weighted by molar-refractivity contribution is -0.303. The molecule has 1 fully saturated rings. The molecule has 1 heterocycles. The van der Waals surface area contributed by atoms with Crippen molar-refractivity contribution in [2.24, 2.45) is 0 Å². The van der Waals surface area contributed by atoms with Crippen LogP contribution >= 0.6 is 0 Å². The van der Waals surface area contributed by atoms with Crippen LogP contribution in [-0.2, 0) is 14.3 Å². The number of hydrogen-bond acceptors (Lipinski definition) is 10. The van der Waals surface area contributed by atoms with Crippen LogP contribution < -0.4 is 5.32 Å². The zero-order chi connectivity index (χ0) is 43.4. The van der Waals surface area contributed by atoms with E-state index < -0.39 is 74.2 Å². The third-order valence-corrected chi connectivity index (χ3v) is 11.4. The maximum atomic E-state index is 13.1. The highest BCUT2D eigenvalue weighted by molar-refractivity contribution is 5.80. The summed E-state index contributed by atoms with van der Waals surface area (Å²) in [5.41, 5.74) is 0. The third-order valence-electron chi connectivity index (χ3n) is 11.4. The molecule has 11 heteroatoms. The normalized spacial score (nSPS) is 22.1. The molecule has 0 aromatic carbocycles. The van der Waals surface area contributed by atoms with E-state index in [9.17, 15) is 40.5 Å². The van der Waals surface area contributed by atoms with Crippen LogP contribution in [0.5, 0.6) is 0 Å². The number of amides is 1. The smallest absolute Gasteiger partial charge is 0.249 e. The summed E-state index contributed by atoms with van der Waals surface area (Å²) in [6.07, 6.45) is 31.9. The van der Waals surface area contributed by atoms with Crippen LogP contribution in [0, 0.1) is 0 Å². The molecule has 59 heavy (non-hydrogen) atoms. The molecule has 0 spiro atoms. The number of aliphatic hydroxyl groups is 7. The fourth-order valence-electron chi connectivity index (χ4n) is 7.41. The van der Waals surface area contributed by atoms with Crippen LogP contribution in [-0.4, -0.2) is 110 Å². The molecule has 1 saturated heterocycles. The third kappa shape index (κ3) is 27.8. The number of unbranched alkanes of at least 4 members (excludes halogenated alkanes) is 21. The summed E-state index contributed by atoms with van der Waals surface area (Å²) in [6, 6.07) is -1.19. The van der Waals surface area contributed by atoms with E-state index in [0.717, 1.165) is 64.2 Å². The van der Waals surface area contributed by atoms with Crippen molar-refractivity contribution in [3.05, 3.63) is 36.5 Å². The minimum Gasteiger partial charge on any atom is -0.394 e. The van der Waals surface area contributed by atoms with E-state index >= 15 is 0 Å². The van der Waals surface area contributed by atoms with Gasteiger partial charge in [0.05, 0.1) is 25.4 Å². The van der Waals surface area contributed by atoms with Crippen molar-refractivity contribution >= 4 is 5.91 Å². The van der Waals surface area contributed by atoms with Gasteiger partial charge in [-0.25, -0.2) is 0 Å². The first-order valence-corrected chi connectivity index (χ1v) is 23.9. The number of carbonyl (C=O) groups excluding carboxylic acids is 1. The average Bonchev–Trinajstić information content (AvgIpc) is 3.23. The van der Waals surface area contributed by atoms with Crippen molar-refractivity contribution in [1.29, 1.82) is 0 Å². The standard InChI is InChI=1S/C48H89NO10/c1-3-5-7-9-11-13-15-17-19-21-23-25-27-29-31-33-35-40(51)43(53)39(38-58-48-46(56)45(55)44(54)42(37-50)59-48)49-47(57)41(52)36-34-32-30-28-26-24-22-20-18-16-14-12-10-8-6-4-2/h12,14,18,20,27,29,39-46,48,50-56H,3-11,13,15-17,19,21-26,28,30-38H2,1-2H3,(H,49,57)/b14-12-,20-18-,29-27+. The van der Waals surface area contributed by atoms with E-state index in [1.165, 1.54) is 89.9 Å². The molecule has 0 saturated carbocycles. The van der Waals surface area contributed by atoms with Gasteiger partial charge in [0.1, 0.15) is 36.6 Å². The Balaban J connectivity index is 2.48. The van der Waals surface area contributed by atoms with E-state index in [1.54, 1.807) is 0 Å². The van der Waals surface area contributed by atoms with E-state index in [1.807, 2.05) is 0 Å². The summed E-state index contributed by atoms with van der Waals surface area (Å²) in [5, 5.41) is 75.7. The van der Waals surface area contributed by atoms with Gasteiger partial charge in [-0.2, -0.15) is 0 Å². The van der Waals surface area contributed by atoms with Gasteiger partial charge in [-0.15, -0.1) is 0 Å². The summed E-state index contributed by atoms with van der Waals surface area (Å²) in [4.78, 5) is 13.1. The number of aliphatic hydroxyl groups excluding tert-OH is 7. The Bertz CT molecular complexity index is 1050. The molecule has 0 aliphatic carbocycles. The Kier molecular flexibility index (Phi) is 35.7. The summed E-state index contributed by atoms with van der Waals surface area (Å²) >= 11 is 0. The molecular formula is C48H89NO10. The van der Waals surface area contributed by atoms with Crippen LogP contribution in [0.4, 0.5) is 0 Å². The number of nitrogens with one attached hydrogen (secondary N) is 1. The Hall–Kier alpha value is -1.67. The topological polar surface area (TPSA) is 189 Å². The van der Waals surface area contributed by atoms with E-state index in [0.29, 0.717) is 12.8 Å². The van der Waals surface area contributed by atoms with Gasteiger partial charge in [-0.3, -0.25) is 4.79 Å². The highest BCUT2D eigenvalue weighted by Gasteiger charge is 2.44. The zero-order valence-corrected chi connectivity index (χ0v) is 37.2. The SMILES string of the molecule is CCCCC/C=C\C/C=C\CCCCCCCCC(O)C(=O)NC(COC1OC(CO)C(O)C(O)C1O)C(O)C(O)CCC/C=C/CCCCCCCCCCCCC. The minimum atomic E-state index is -1.67. The largest absolute Gasteiger partial charge is 0.394 e. The van der Waals surface area contributed by atoms with Crippen molar-refractivity contribution in [2.75, 3.05) is 13.2 Å². The highest BCUT2D eigenvalue weighted by atomic mass is 16.7. The molecule has 1 amide bonds. The van der Waals surface area contributed by atoms with Gasteiger partial charge in [0, 0.05) is 0 Å². The Morgan fingerprint density at radius 2 is 1.05 bits per heavy atom. The molecule has 1 rings (SSSR count). The lowest BCUT2D eigenvalue weighted by atomic mass is 9.98. The van der Waals surface area contributed by atoms with E-state index in [-0.39, 0.29) is 12.8 Å². The van der Waals surface area contributed by atoms with Crippen molar-refractivity contribution in [3.8, 4) is 0 Å². The van der Waals surface area contributed by atoms with Crippen molar-refractivity contribution < 1.29 is 50.0 Å². The number of carbonyl (C=O) groups is 1. The van der Waals surface area contributed by atoms with Crippen molar-refractivity contribution in [1.82, 2.24) is 5.32 Å². The lowest BCUT2D eigenvalue weighted by Gasteiger charge is -2.40. The van der Waals surface area contributed by atoms with Gasteiger partial charge < -0.3 is 50.5 Å². The number of ether oxygens (including phenoxy) is 2. The predicted octanol–water partition coefficient (Wildman–Crippen LogP) is 8.00. The van der Waals surface area contributed by atoms with Gasteiger partial charge in [0.2, 0.25) is 5.91 Å². The second-order valence-electron chi connectivity index (χ2n) is 16.8. The average molecular weight is 840 g/mol. The van der Waals surface area contributed by atoms with Crippen molar-refractivity contribution in [2.45, 2.75) is 249 Å². The molecule has 0 radical (unpaired) electrons. The fourth-order valence-corrected chi connectivity index (χ4v) is 7.41. The monoisotopic (exact) mass is 840 g/mol. The summed E-state index contributed by atoms with van der Waals surface area (Å²) in [5.74, 6) is -0.716. The zero-order valence-electron chi connectivity index (χ0n) is 37.2. The maximum Gasteiger partial charge on any atom is 0.249 e. The summed E-state index contributed by atoms with van der Waals surface area (Å²) < 4.78 is 11.1. The number of hydrogen-bond donors (Lipinski definition) is 8. The molecule has 0 aromatic rings. The number of allylic oxidation sites excluding steroid dienone is 6. The van der Waals surface area contributed by atoms with Crippen LogP contribution in [0.3, 0.4) is 0 Å². The first-order valence-electron chi connectivity index (χ1n) is 23.9. The summed E-state index contributed by atoms with van der Waals surface area (Å²) in [7, 11) is 0. The lowest BCUT2D eigenvalue weighted by Crippen LogP contribution is -2.60. The summed E-state index contributed by atoms with van der Waals surface area (Å²) in [6.45, 7) is 3.39. The van der Waals surface area contributed by atoms with Gasteiger partial charge in [-0.05, 0) is 70.6 Å². The Morgan fingerprint density at radius 1 is 0.593 bits per heavy atom. The van der Waals surface area contributed by atoms with Gasteiger partial charge in [0.25, 0.3) is 0 Å². The number of rotatable bonds is 39. The first-order chi connectivity index (χ1) is 28.7. The van der Waals surface area contributed by atoms with E-state index in [4.69, 9.17) is 9.47 Å². The molecule has 1 aliphatic rings. The molecule has 8 N–H and O–H groups in total. The molecule has 0 aromatic heterocycles. The maximum absolute atomic E-state index is 13.1.